The summed E-state index contributed by atoms with van der Waals surface area (Å²) in [6.45, 7) is 1.84. The lowest BCUT2D eigenvalue weighted by molar-refractivity contribution is -0.130. The first kappa shape index (κ1) is 17.9. The van der Waals surface area contributed by atoms with Crippen LogP contribution in [-0.2, 0) is 4.79 Å². The number of hydrogen-bond donors (Lipinski definition) is 3. The van der Waals surface area contributed by atoms with Gasteiger partial charge in [0, 0.05) is 25.7 Å². The van der Waals surface area contributed by atoms with Crippen molar-refractivity contribution in [3.63, 3.8) is 0 Å². The number of amides is 1. The van der Waals surface area contributed by atoms with Crippen molar-refractivity contribution >= 4 is 23.3 Å². The molecule has 0 fully saturated rings. The molecule has 1 aromatic rings. The number of aromatic nitrogens is 1. The van der Waals surface area contributed by atoms with Crippen molar-refractivity contribution in [2.24, 2.45) is 5.73 Å². The van der Waals surface area contributed by atoms with Gasteiger partial charge in [0.15, 0.2) is 0 Å². The van der Waals surface area contributed by atoms with Crippen LogP contribution in [0.5, 0.6) is 0 Å². The number of nitrogens with two attached hydrogens (primary N) is 2. The Balaban J connectivity index is 1.97. The highest BCUT2D eigenvalue weighted by Crippen LogP contribution is 2.24. The van der Waals surface area contributed by atoms with E-state index in [-0.39, 0.29) is 17.3 Å². The zero-order valence-electron chi connectivity index (χ0n) is 13.7. The van der Waals surface area contributed by atoms with Crippen molar-refractivity contribution in [2.45, 2.75) is 32.1 Å². The Morgan fingerprint density at radius 2 is 2.08 bits per heavy atom. The smallest absolute Gasteiger partial charge is 0.339 e. The van der Waals surface area contributed by atoms with Gasteiger partial charge in [0.2, 0.25) is 5.91 Å². The fourth-order valence-corrected chi connectivity index (χ4v) is 2.74. The molecule has 1 aliphatic heterocycles. The molecule has 1 aliphatic rings. The minimum absolute atomic E-state index is 0.00631. The Labute approximate surface area is 141 Å². The van der Waals surface area contributed by atoms with Gasteiger partial charge >= 0.3 is 5.97 Å². The fourth-order valence-electron chi connectivity index (χ4n) is 2.74. The standard InChI is InChI=1S/C17H24N4O3/c18-7-3-1-2-4-15(22)21-8-5-12(6-9-21)13-10-14(17(23)24)16(19)20-11-13/h5,10-11H,1-4,6-9,18H2,(H2,19,20)(H,23,24). The van der Waals surface area contributed by atoms with Gasteiger partial charge in [-0.15, -0.1) is 0 Å². The maximum Gasteiger partial charge on any atom is 0.339 e. The molecule has 5 N–H and O–H groups in total. The fraction of sp³-hybridized carbons (Fsp3) is 0.471. The average Bonchev–Trinajstić information content (AvgIpc) is 2.59. The first-order valence-corrected chi connectivity index (χ1v) is 8.19. The van der Waals surface area contributed by atoms with Crippen molar-refractivity contribution in [1.29, 1.82) is 0 Å². The van der Waals surface area contributed by atoms with Gasteiger partial charge in [-0.1, -0.05) is 12.5 Å². The van der Waals surface area contributed by atoms with E-state index < -0.39 is 5.97 Å². The van der Waals surface area contributed by atoms with Gasteiger partial charge in [-0.25, -0.2) is 9.78 Å². The predicted molar refractivity (Wildman–Crippen MR) is 92.3 cm³/mol. The highest BCUT2D eigenvalue weighted by molar-refractivity contribution is 5.93. The van der Waals surface area contributed by atoms with E-state index in [1.807, 2.05) is 11.0 Å². The molecule has 0 aromatic carbocycles. The molecule has 130 valence electrons. The number of nitrogens with zero attached hydrogens (tertiary/aromatic N) is 2. The Morgan fingerprint density at radius 1 is 1.29 bits per heavy atom. The quantitative estimate of drug-likeness (QED) is 0.650. The maximum atomic E-state index is 12.2. The third-order valence-electron chi connectivity index (χ3n) is 4.18. The van der Waals surface area contributed by atoms with Crippen LogP contribution in [-0.4, -0.2) is 46.5 Å². The summed E-state index contributed by atoms with van der Waals surface area (Å²) in [5, 5.41) is 9.12. The molecule has 2 heterocycles. The van der Waals surface area contributed by atoms with Crippen LogP contribution in [0.15, 0.2) is 18.3 Å². The van der Waals surface area contributed by atoms with E-state index >= 15 is 0 Å². The molecule has 0 unspecified atom stereocenters. The summed E-state index contributed by atoms with van der Waals surface area (Å²) in [5.41, 5.74) is 12.8. The zero-order chi connectivity index (χ0) is 17.5. The molecule has 0 radical (unpaired) electrons. The lowest BCUT2D eigenvalue weighted by Gasteiger charge is -2.27. The SMILES string of the molecule is NCCCCCC(=O)N1CC=C(c2cnc(N)c(C(=O)O)c2)CC1. The number of aromatic carboxylic acids is 1. The number of carbonyl (C=O) groups is 2. The molecular weight excluding hydrogens is 308 g/mol. The Bertz CT molecular complexity index is 643. The lowest BCUT2D eigenvalue weighted by Crippen LogP contribution is -2.34. The highest BCUT2D eigenvalue weighted by Gasteiger charge is 2.19. The van der Waals surface area contributed by atoms with E-state index in [1.165, 1.54) is 0 Å². The molecular formula is C17H24N4O3. The van der Waals surface area contributed by atoms with E-state index in [9.17, 15) is 9.59 Å². The molecule has 7 nitrogen and oxygen atoms in total. The second-order valence-corrected chi connectivity index (χ2v) is 5.88. The van der Waals surface area contributed by atoms with Crippen LogP contribution in [0.3, 0.4) is 0 Å². The topological polar surface area (TPSA) is 123 Å². The molecule has 1 aromatic heterocycles. The monoisotopic (exact) mass is 332 g/mol. The van der Waals surface area contributed by atoms with Crippen LogP contribution in [0, 0.1) is 0 Å². The summed E-state index contributed by atoms with van der Waals surface area (Å²) in [6, 6.07) is 1.54. The number of carboxylic acids is 1. The van der Waals surface area contributed by atoms with Crippen LogP contribution in [0.4, 0.5) is 5.82 Å². The number of carboxylic acid groups (broad SMARTS) is 1. The number of rotatable bonds is 7. The average molecular weight is 332 g/mol. The van der Waals surface area contributed by atoms with Gasteiger partial charge in [0.1, 0.15) is 11.4 Å². The minimum Gasteiger partial charge on any atom is -0.478 e. The molecule has 2 rings (SSSR count). The molecule has 24 heavy (non-hydrogen) atoms. The van der Waals surface area contributed by atoms with Crippen molar-refractivity contribution in [3.05, 3.63) is 29.5 Å². The second kappa shape index (κ2) is 8.44. The van der Waals surface area contributed by atoms with Gasteiger partial charge in [-0.05, 0) is 43.0 Å². The summed E-state index contributed by atoms with van der Waals surface area (Å²) >= 11 is 0. The molecule has 0 saturated carbocycles. The van der Waals surface area contributed by atoms with Crippen LogP contribution >= 0.6 is 0 Å². The number of anilines is 1. The number of nitrogen functional groups attached to an aromatic ring is 1. The summed E-state index contributed by atoms with van der Waals surface area (Å²) in [5.74, 6) is -0.923. The first-order valence-electron chi connectivity index (χ1n) is 8.19. The van der Waals surface area contributed by atoms with Crippen molar-refractivity contribution in [1.82, 2.24) is 9.88 Å². The number of unbranched alkanes of at least 4 members (excludes halogenated alkanes) is 2. The number of hydrogen-bond acceptors (Lipinski definition) is 5. The largest absolute Gasteiger partial charge is 0.478 e. The van der Waals surface area contributed by atoms with Crippen LogP contribution in [0.2, 0.25) is 0 Å². The number of pyridine rings is 1. The predicted octanol–water partition coefficient (Wildman–Crippen LogP) is 1.50. The van der Waals surface area contributed by atoms with Gasteiger partial charge in [0.05, 0.1) is 0 Å². The van der Waals surface area contributed by atoms with Gasteiger partial charge < -0.3 is 21.5 Å². The highest BCUT2D eigenvalue weighted by atomic mass is 16.4. The summed E-state index contributed by atoms with van der Waals surface area (Å²) in [4.78, 5) is 29.1. The van der Waals surface area contributed by atoms with E-state index in [0.29, 0.717) is 32.5 Å². The summed E-state index contributed by atoms with van der Waals surface area (Å²) < 4.78 is 0. The molecule has 0 saturated heterocycles. The zero-order valence-corrected chi connectivity index (χ0v) is 13.7. The Kier molecular flexibility index (Phi) is 6.31. The van der Waals surface area contributed by atoms with Gasteiger partial charge in [-0.2, -0.15) is 0 Å². The summed E-state index contributed by atoms with van der Waals surface area (Å²) in [7, 11) is 0. The summed E-state index contributed by atoms with van der Waals surface area (Å²) in [6.07, 6.45) is 7.57. The van der Waals surface area contributed by atoms with E-state index in [2.05, 4.69) is 4.98 Å². The molecule has 1 amide bonds. The van der Waals surface area contributed by atoms with Gasteiger partial charge in [-0.3, -0.25) is 4.79 Å². The van der Waals surface area contributed by atoms with Crippen molar-refractivity contribution in [3.8, 4) is 0 Å². The van der Waals surface area contributed by atoms with E-state index in [0.717, 1.165) is 30.4 Å². The first-order chi connectivity index (χ1) is 11.5. The third-order valence-corrected chi connectivity index (χ3v) is 4.18. The molecule has 0 aliphatic carbocycles. The van der Waals surface area contributed by atoms with Crippen LogP contribution in [0.25, 0.3) is 5.57 Å². The van der Waals surface area contributed by atoms with E-state index in [1.54, 1.807) is 12.3 Å². The Morgan fingerprint density at radius 3 is 2.71 bits per heavy atom. The normalized spacial score (nSPS) is 14.4. The van der Waals surface area contributed by atoms with Crippen LogP contribution < -0.4 is 11.5 Å². The lowest BCUT2D eigenvalue weighted by atomic mass is 9.99. The molecule has 0 atom stereocenters. The Hall–Kier alpha value is -2.41. The minimum atomic E-state index is -1.09. The van der Waals surface area contributed by atoms with Gasteiger partial charge in [0.25, 0.3) is 0 Å². The van der Waals surface area contributed by atoms with Crippen molar-refractivity contribution < 1.29 is 14.7 Å². The third kappa shape index (κ3) is 4.55. The molecule has 0 bridgehead atoms. The van der Waals surface area contributed by atoms with E-state index in [4.69, 9.17) is 16.6 Å². The number of carbonyl (C=O) groups excluding carboxylic acids is 1. The maximum absolute atomic E-state index is 12.2. The molecule has 7 heteroatoms. The second-order valence-electron chi connectivity index (χ2n) is 5.88. The molecule has 0 spiro atoms. The van der Waals surface area contributed by atoms with Crippen molar-refractivity contribution in [2.75, 3.05) is 25.4 Å². The van der Waals surface area contributed by atoms with Crippen LogP contribution in [0.1, 0.15) is 48.0 Å².